The average Bonchev–Trinajstić information content (AvgIpc) is 2.48. The molecule has 1 atom stereocenters. The predicted octanol–water partition coefficient (Wildman–Crippen LogP) is 2.55. The van der Waals surface area contributed by atoms with Gasteiger partial charge in [0.1, 0.15) is 6.04 Å². The second-order valence-electron chi connectivity index (χ2n) is 5.53. The molecular formula is C16H21NO3. The van der Waals surface area contributed by atoms with Crippen LogP contribution in [0.1, 0.15) is 44.1 Å². The zero-order valence-electron chi connectivity index (χ0n) is 11.7. The molecule has 20 heavy (non-hydrogen) atoms. The first-order chi connectivity index (χ1) is 9.58. The highest BCUT2D eigenvalue weighted by molar-refractivity contribution is 5.84. The fraction of sp³-hybridized carbons (Fsp3) is 0.500. The third-order valence-corrected chi connectivity index (χ3v) is 4.10. The van der Waals surface area contributed by atoms with Gasteiger partial charge in [0, 0.05) is 5.92 Å². The van der Waals surface area contributed by atoms with Gasteiger partial charge in [-0.2, -0.15) is 0 Å². The van der Waals surface area contributed by atoms with Crippen LogP contribution in [-0.4, -0.2) is 23.0 Å². The van der Waals surface area contributed by atoms with E-state index < -0.39 is 12.0 Å². The second-order valence-corrected chi connectivity index (χ2v) is 5.53. The highest BCUT2D eigenvalue weighted by Gasteiger charge is 2.28. The SMILES string of the molecule is C[C@H](NC(=O)C1CCC(c2ccccc2)CC1)C(=O)O. The molecule has 4 nitrogen and oxygen atoms in total. The smallest absolute Gasteiger partial charge is 0.325 e. The molecule has 2 rings (SSSR count). The van der Waals surface area contributed by atoms with Crippen molar-refractivity contribution < 1.29 is 14.7 Å². The summed E-state index contributed by atoms with van der Waals surface area (Å²) in [7, 11) is 0. The van der Waals surface area contributed by atoms with Gasteiger partial charge in [0.25, 0.3) is 0 Å². The molecule has 1 aliphatic rings. The third kappa shape index (κ3) is 3.59. The van der Waals surface area contributed by atoms with Gasteiger partial charge in [-0.25, -0.2) is 0 Å². The Balaban J connectivity index is 1.85. The molecule has 0 unspecified atom stereocenters. The quantitative estimate of drug-likeness (QED) is 0.887. The molecule has 0 spiro atoms. The molecule has 0 aromatic heterocycles. The van der Waals surface area contributed by atoms with Gasteiger partial charge in [0.15, 0.2) is 0 Å². The van der Waals surface area contributed by atoms with E-state index in [4.69, 9.17) is 5.11 Å². The number of benzene rings is 1. The summed E-state index contributed by atoms with van der Waals surface area (Å²) < 4.78 is 0. The summed E-state index contributed by atoms with van der Waals surface area (Å²) in [6, 6.07) is 9.56. The molecule has 1 fully saturated rings. The summed E-state index contributed by atoms with van der Waals surface area (Å²) in [5, 5.41) is 11.4. The monoisotopic (exact) mass is 275 g/mol. The first-order valence-electron chi connectivity index (χ1n) is 7.16. The van der Waals surface area contributed by atoms with Crippen molar-refractivity contribution in [3.05, 3.63) is 35.9 Å². The maximum Gasteiger partial charge on any atom is 0.325 e. The minimum absolute atomic E-state index is 0.0447. The number of amides is 1. The molecule has 4 heteroatoms. The van der Waals surface area contributed by atoms with Crippen LogP contribution in [0.25, 0.3) is 0 Å². The van der Waals surface area contributed by atoms with Crippen LogP contribution in [0.3, 0.4) is 0 Å². The van der Waals surface area contributed by atoms with Crippen molar-refractivity contribution in [1.29, 1.82) is 0 Å². The van der Waals surface area contributed by atoms with E-state index in [9.17, 15) is 9.59 Å². The highest BCUT2D eigenvalue weighted by atomic mass is 16.4. The Kier molecular flexibility index (Phi) is 4.77. The maximum atomic E-state index is 12.0. The van der Waals surface area contributed by atoms with Crippen LogP contribution in [0, 0.1) is 5.92 Å². The third-order valence-electron chi connectivity index (χ3n) is 4.10. The van der Waals surface area contributed by atoms with Crippen LogP contribution in [0.2, 0.25) is 0 Å². The van der Waals surface area contributed by atoms with E-state index in [0.717, 1.165) is 25.7 Å². The molecule has 1 saturated carbocycles. The summed E-state index contributed by atoms with van der Waals surface area (Å²) in [6.45, 7) is 1.50. The molecule has 0 aliphatic heterocycles. The van der Waals surface area contributed by atoms with Gasteiger partial charge in [0.05, 0.1) is 0 Å². The number of hydrogen-bond donors (Lipinski definition) is 2. The van der Waals surface area contributed by atoms with Crippen molar-refractivity contribution in [2.45, 2.75) is 44.6 Å². The van der Waals surface area contributed by atoms with Crippen LogP contribution in [0.5, 0.6) is 0 Å². The number of rotatable bonds is 4. The number of hydrogen-bond acceptors (Lipinski definition) is 2. The largest absolute Gasteiger partial charge is 0.480 e. The maximum absolute atomic E-state index is 12.0. The predicted molar refractivity (Wildman–Crippen MR) is 76.4 cm³/mol. The zero-order valence-corrected chi connectivity index (χ0v) is 11.7. The van der Waals surface area contributed by atoms with Crippen molar-refractivity contribution in [1.82, 2.24) is 5.32 Å². The number of carboxylic acids is 1. The minimum atomic E-state index is -0.990. The Bertz CT molecular complexity index is 464. The standard InChI is InChI=1S/C16H21NO3/c1-11(16(19)20)17-15(18)14-9-7-13(8-10-14)12-5-3-2-4-6-12/h2-6,11,13-14H,7-10H2,1H3,(H,17,18)(H,19,20)/t11-,13?,14?/m0/s1. The molecular weight excluding hydrogens is 254 g/mol. The van der Waals surface area contributed by atoms with Gasteiger partial charge in [-0.1, -0.05) is 30.3 Å². The number of nitrogens with one attached hydrogen (secondary N) is 1. The van der Waals surface area contributed by atoms with E-state index in [1.807, 2.05) is 18.2 Å². The number of aliphatic carboxylic acids is 1. The lowest BCUT2D eigenvalue weighted by atomic mass is 9.78. The van der Waals surface area contributed by atoms with Crippen molar-refractivity contribution in [2.24, 2.45) is 5.92 Å². The fourth-order valence-corrected chi connectivity index (χ4v) is 2.81. The molecule has 108 valence electrons. The number of carbonyl (C=O) groups excluding carboxylic acids is 1. The molecule has 1 aliphatic carbocycles. The summed E-state index contributed by atoms with van der Waals surface area (Å²) in [4.78, 5) is 22.7. The molecule has 0 radical (unpaired) electrons. The van der Waals surface area contributed by atoms with E-state index in [2.05, 4.69) is 17.4 Å². The molecule has 1 amide bonds. The van der Waals surface area contributed by atoms with E-state index in [1.165, 1.54) is 12.5 Å². The van der Waals surface area contributed by atoms with E-state index in [0.29, 0.717) is 5.92 Å². The lowest BCUT2D eigenvalue weighted by Gasteiger charge is -2.28. The average molecular weight is 275 g/mol. The molecule has 0 heterocycles. The zero-order chi connectivity index (χ0) is 14.5. The Morgan fingerprint density at radius 2 is 1.75 bits per heavy atom. The lowest BCUT2D eigenvalue weighted by molar-refractivity contribution is -0.142. The molecule has 0 saturated heterocycles. The fourth-order valence-electron chi connectivity index (χ4n) is 2.81. The first kappa shape index (κ1) is 14.6. The summed E-state index contributed by atoms with van der Waals surface area (Å²) in [6.07, 6.45) is 3.64. The van der Waals surface area contributed by atoms with Crippen LogP contribution in [0.15, 0.2) is 30.3 Å². The Labute approximate surface area is 119 Å². The van der Waals surface area contributed by atoms with Gasteiger partial charge in [0.2, 0.25) is 5.91 Å². The molecule has 0 bridgehead atoms. The minimum Gasteiger partial charge on any atom is -0.480 e. The van der Waals surface area contributed by atoms with Gasteiger partial charge >= 0.3 is 5.97 Å². The molecule has 1 aromatic carbocycles. The normalized spacial score (nSPS) is 23.9. The Morgan fingerprint density at radius 1 is 1.15 bits per heavy atom. The van der Waals surface area contributed by atoms with E-state index in [-0.39, 0.29) is 11.8 Å². The van der Waals surface area contributed by atoms with Crippen LogP contribution in [0.4, 0.5) is 0 Å². The van der Waals surface area contributed by atoms with Crippen molar-refractivity contribution in [3.8, 4) is 0 Å². The van der Waals surface area contributed by atoms with Gasteiger partial charge in [-0.3, -0.25) is 9.59 Å². The highest BCUT2D eigenvalue weighted by Crippen LogP contribution is 2.35. The summed E-state index contributed by atoms with van der Waals surface area (Å²) >= 11 is 0. The number of carboxylic acid groups (broad SMARTS) is 1. The second kappa shape index (κ2) is 6.55. The molecule has 2 N–H and O–H groups in total. The first-order valence-corrected chi connectivity index (χ1v) is 7.16. The van der Waals surface area contributed by atoms with Crippen molar-refractivity contribution in [3.63, 3.8) is 0 Å². The Hall–Kier alpha value is -1.84. The van der Waals surface area contributed by atoms with Gasteiger partial charge < -0.3 is 10.4 Å². The van der Waals surface area contributed by atoms with Crippen LogP contribution >= 0.6 is 0 Å². The van der Waals surface area contributed by atoms with Gasteiger partial charge in [-0.05, 0) is 44.1 Å². The van der Waals surface area contributed by atoms with Crippen molar-refractivity contribution >= 4 is 11.9 Å². The lowest BCUT2D eigenvalue weighted by Crippen LogP contribution is -2.42. The van der Waals surface area contributed by atoms with E-state index >= 15 is 0 Å². The summed E-state index contributed by atoms with van der Waals surface area (Å²) in [5.41, 5.74) is 1.34. The van der Waals surface area contributed by atoms with Crippen molar-refractivity contribution in [2.75, 3.05) is 0 Å². The van der Waals surface area contributed by atoms with Crippen LogP contribution in [-0.2, 0) is 9.59 Å². The summed E-state index contributed by atoms with van der Waals surface area (Å²) in [5.74, 6) is -0.628. The van der Waals surface area contributed by atoms with Crippen LogP contribution < -0.4 is 5.32 Å². The topological polar surface area (TPSA) is 66.4 Å². The number of carbonyl (C=O) groups is 2. The molecule has 1 aromatic rings. The Morgan fingerprint density at radius 3 is 2.30 bits per heavy atom. The van der Waals surface area contributed by atoms with E-state index in [1.54, 1.807) is 0 Å². The van der Waals surface area contributed by atoms with Gasteiger partial charge in [-0.15, -0.1) is 0 Å².